The van der Waals surface area contributed by atoms with Gasteiger partial charge in [-0.25, -0.2) is 18.6 Å². The molecular formula is C9H9F2NO3. The smallest absolute Gasteiger partial charge is 0.343 e. The SMILES string of the molecule is COC(=O)c1ccc(C(F)F)nc1OC. The van der Waals surface area contributed by atoms with Gasteiger partial charge in [0, 0.05) is 0 Å². The van der Waals surface area contributed by atoms with Gasteiger partial charge in [0.25, 0.3) is 6.43 Å². The average molecular weight is 217 g/mol. The average Bonchev–Trinajstić information content (AvgIpc) is 2.27. The number of hydrogen-bond acceptors (Lipinski definition) is 4. The fourth-order valence-electron chi connectivity index (χ4n) is 0.997. The highest BCUT2D eigenvalue weighted by Crippen LogP contribution is 2.22. The molecule has 0 aliphatic carbocycles. The van der Waals surface area contributed by atoms with Gasteiger partial charge < -0.3 is 9.47 Å². The molecule has 0 spiro atoms. The number of carbonyl (C=O) groups is 1. The molecule has 4 nitrogen and oxygen atoms in total. The molecule has 0 aliphatic heterocycles. The lowest BCUT2D eigenvalue weighted by atomic mass is 10.2. The molecule has 0 N–H and O–H groups in total. The number of methoxy groups -OCH3 is 2. The molecule has 0 radical (unpaired) electrons. The Morgan fingerprint density at radius 2 is 2.07 bits per heavy atom. The Morgan fingerprint density at radius 3 is 2.53 bits per heavy atom. The van der Waals surface area contributed by atoms with Crippen LogP contribution < -0.4 is 4.74 Å². The largest absolute Gasteiger partial charge is 0.480 e. The zero-order valence-corrected chi connectivity index (χ0v) is 8.16. The Hall–Kier alpha value is -1.72. The Balaban J connectivity index is 3.15. The van der Waals surface area contributed by atoms with E-state index in [9.17, 15) is 13.6 Å². The predicted molar refractivity (Wildman–Crippen MR) is 47.1 cm³/mol. The normalized spacial score (nSPS) is 10.2. The molecule has 6 heteroatoms. The van der Waals surface area contributed by atoms with E-state index < -0.39 is 18.1 Å². The van der Waals surface area contributed by atoms with E-state index in [1.807, 2.05) is 0 Å². The van der Waals surface area contributed by atoms with E-state index >= 15 is 0 Å². The summed E-state index contributed by atoms with van der Waals surface area (Å²) in [6.07, 6.45) is -2.70. The lowest BCUT2D eigenvalue weighted by molar-refractivity contribution is 0.0595. The second-order valence-corrected chi connectivity index (χ2v) is 2.59. The summed E-state index contributed by atoms with van der Waals surface area (Å²) in [5.41, 5.74) is -0.427. The topological polar surface area (TPSA) is 48.4 Å². The molecule has 1 aromatic heterocycles. The third kappa shape index (κ3) is 2.39. The number of hydrogen-bond donors (Lipinski definition) is 0. The number of aromatic nitrogens is 1. The summed E-state index contributed by atoms with van der Waals surface area (Å²) in [4.78, 5) is 14.6. The van der Waals surface area contributed by atoms with Crippen LogP contribution in [0.15, 0.2) is 12.1 Å². The second-order valence-electron chi connectivity index (χ2n) is 2.59. The molecule has 0 amide bonds. The Morgan fingerprint density at radius 1 is 1.40 bits per heavy atom. The molecule has 0 saturated heterocycles. The maximum absolute atomic E-state index is 12.3. The molecule has 0 saturated carbocycles. The summed E-state index contributed by atoms with van der Waals surface area (Å²) in [7, 11) is 2.42. The molecule has 15 heavy (non-hydrogen) atoms. The number of rotatable bonds is 3. The molecule has 1 aromatic rings. The zero-order chi connectivity index (χ0) is 11.4. The molecule has 0 atom stereocenters. The monoisotopic (exact) mass is 217 g/mol. The highest BCUT2D eigenvalue weighted by molar-refractivity contribution is 5.91. The van der Waals surface area contributed by atoms with Crippen LogP contribution >= 0.6 is 0 Å². The van der Waals surface area contributed by atoms with Crippen molar-refractivity contribution in [2.45, 2.75) is 6.43 Å². The first-order chi connectivity index (χ1) is 7.10. The van der Waals surface area contributed by atoms with Gasteiger partial charge in [-0.1, -0.05) is 0 Å². The van der Waals surface area contributed by atoms with Crippen molar-refractivity contribution in [3.8, 4) is 5.88 Å². The van der Waals surface area contributed by atoms with Crippen molar-refractivity contribution >= 4 is 5.97 Å². The minimum Gasteiger partial charge on any atom is -0.480 e. The van der Waals surface area contributed by atoms with E-state index in [0.717, 1.165) is 6.07 Å². The van der Waals surface area contributed by atoms with Crippen LogP contribution in [0.1, 0.15) is 22.5 Å². The van der Waals surface area contributed by atoms with Crippen LogP contribution in [0.4, 0.5) is 8.78 Å². The number of carbonyl (C=O) groups excluding carboxylic acids is 1. The third-order valence-electron chi connectivity index (χ3n) is 1.70. The maximum Gasteiger partial charge on any atom is 0.343 e. The van der Waals surface area contributed by atoms with Crippen molar-refractivity contribution in [2.75, 3.05) is 14.2 Å². The van der Waals surface area contributed by atoms with Crippen molar-refractivity contribution in [2.24, 2.45) is 0 Å². The van der Waals surface area contributed by atoms with E-state index in [1.165, 1.54) is 20.3 Å². The molecule has 0 fully saturated rings. The molecule has 1 heterocycles. The van der Waals surface area contributed by atoms with Gasteiger partial charge in [0.1, 0.15) is 11.3 Å². The fraction of sp³-hybridized carbons (Fsp3) is 0.333. The van der Waals surface area contributed by atoms with E-state index in [0.29, 0.717) is 0 Å². The maximum atomic E-state index is 12.3. The predicted octanol–water partition coefficient (Wildman–Crippen LogP) is 1.81. The quantitative estimate of drug-likeness (QED) is 0.724. The van der Waals surface area contributed by atoms with Gasteiger partial charge in [0.05, 0.1) is 14.2 Å². The zero-order valence-electron chi connectivity index (χ0n) is 8.16. The minimum absolute atomic E-state index is 0.0180. The van der Waals surface area contributed by atoms with E-state index in [-0.39, 0.29) is 11.4 Å². The lowest BCUT2D eigenvalue weighted by Gasteiger charge is -2.07. The van der Waals surface area contributed by atoms with Crippen molar-refractivity contribution in [1.82, 2.24) is 4.98 Å². The summed E-state index contributed by atoms with van der Waals surface area (Å²) < 4.78 is 33.7. The molecule has 0 unspecified atom stereocenters. The van der Waals surface area contributed by atoms with Gasteiger partial charge >= 0.3 is 5.97 Å². The third-order valence-corrected chi connectivity index (χ3v) is 1.70. The van der Waals surface area contributed by atoms with Gasteiger partial charge in [-0.15, -0.1) is 0 Å². The van der Waals surface area contributed by atoms with E-state index in [4.69, 9.17) is 4.74 Å². The van der Waals surface area contributed by atoms with Gasteiger partial charge in [-0.3, -0.25) is 0 Å². The summed E-state index contributed by atoms with van der Waals surface area (Å²) in [6.45, 7) is 0. The number of pyridine rings is 1. The highest BCUT2D eigenvalue weighted by Gasteiger charge is 2.17. The number of nitrogens with zero attached hydrogens (tertiary/aromatic N) is 1. The Kier molecular flexibility index (Phi) is 3.54. The van der Waals surface area contributed by atoms with Crippen molar-refractivity contribution < 1.29 is 23.0 Å². The van der Waals surface area contributed by atoms with Crippen LogP contribution in [0.3, 0.4) is 0 Å². The first kappa shape index (κ1) is 11.4. The van der Waals surface area contributed by atoms with Crippen LogP contribution in [0.2, 0.25) is 0 Å². The Labute approximate surface area is 84.8 Å². The number of ether oxygens (including phenoxy) is 2. The summed E-state index contributed by atoms with van der Waals surface area (Å²) in [5, 5.41) is 0. The lowest BCUT2D eigenvalue weighted by Crippen LogP contribution is -2.06. The first-order valence-electron chi connectivity index (χ1n) is 4.01. The van der Waals surface area contributed by atoms with Crippen LogP contribution in [-0.4, -0.2) is 25.2 Å². The summed E-state index contributed by atoms with van der Waals surface area (Å²) >= 11 is 0. The van der Waals surface area contributed by atoms with E-state index in [2.05, 4.69) is 9.72 Å². The first-order valence-corrected chi connectivity index (χ1v) is 4.01. The standard InChI is InChI=1S/C9H9F2NO3/c1-14-8-5(9(13)15-2)3-4-6(12-8)7(10)11/h3-4,7H,1-2H3. The van der Waals surface area contributed by atoms with Gasteiger partial charge in [0.15, 0.2) is 0 Å². The summed E-state index contributed by atoms with van der Waals surface area (Å²) in [6, 6.07) is 2.25. The minimum atomic E-state index is -2.70. The van der Waals surface area contributed by atoms with E-state index in [1.54, 1.807) is 0 Å². The fourth-order valence-corrected chi connectivity index (χ4v) is 0.997. The van der Waals surface area contributed by atoms with Gasteiger partial charge in [-0.2, -0.15) is 0 Å². The van der Waals surface area contributed by atoms with Crippen molar-refractivity contribution in [3.05, 3.63) is 23.4 Å². The molecule has 0 bridgehead atoms. The Bertz CT molecular complexity index is 368. The molecule has 0 aliphatic rings. The number of halogens is 2. The molecule has 0 aromatic carbocycles. The van der Waals surface area contributed by atoms with Gasteiger partial charge in [-0.05, 0) is 12.1 Å². The van der Waals surface area contributed by atoms with Crippen molar-refractivity contribution in [3.63, 3.8) is 0 Å². The summed E-state index contributed by atoms with van der Waals surface area (Å²) in [5.74, 6) is -0.847. The van der Waals surface area contributed by atoms with Crippen LogP contribution in [-0.2, 0) is 4.74 Å². The molecule has 82 valence electrons. The molecular weight excluding hydrogens is 208 g/mol. The second kappa shape index (κ2) is 4.68. The highest BCUT2D eigenvalue weighted by atomic mass is 19.3. The van der Waals surface area contributed by atoms with Crippen LogP contribution in [0.5, 0.6) is 5.88 Å². The number of esters is 1. The number of alkyl halides is 2. The van der Waals surface area contributed by atoms with Gasteiger partial charge in [0.2, 0.25) is 5.88 Å². The molecule has 1 rings (SSSR count). The van der Waals surface area contributed by atoms with Crippen molar-refractivity contribution in [1.29, 1.82) is 0 Å². The van der Waals surface area contributed by atoms with Crippen LogP contribution in [0.25, 0.3) is 0 Å². The van der Waals surface area contributed by atoms with Crippen LogP contribution in [0, 0.1) is 0 Å².